The molecule has 104 valence electrons. The topological polar surface area (TPSA) is 61.0 Å². The minimum Gasteiger partial charge on any atom is -0.322 e. The minimum atomic E-state index is -0.147. The molecule has 20 heavy (non-hydrogen) atoms. The third kappa shape index (κ3) is 3.05. The number of carbonyl (C=O) groups excluding carboxylic acids is 1. The van der Waals surface area contributed by atoms with E-state index in [1.54, 1.807) is 6.20 Å². The van der Waals surface area contributed by atoms with E-state index in [1.165, 1.54) is 37.7 Å². The molecule has 1 aliphatic rings. The molecule has 0 unspecified atom stereocenters. The molecule has 0 bridgehead atoms. The van der Waals surface area contributed by atoms with E-state index in [9.17, 15) is 4.79 Å². The van der Waals surface area contributed by atoms with Crippen molar-refractivity contribution in [2.24, 2.45) is 0 Å². The number of amides is 1. The van der Waals surface area contributed by atoms with Crippen molar-refractivity contribution < 1.29 is 4.79 Å². The summed E-state index contributed by atoms with van der Waals surface area (Å²) in [7, 11) is 0. The molecular formula is C15H18N4O. The van der Waals surface area contributed by atoms with Gasteiger partial charge in [-0.25, -0.2) is 0 Å². The van der Waals surface area contributed by atoms with Crippen LogP contribution in [0.15, 0.2) is 36.7 Å². The lowest BCUT2D eigenvalue weighted by atomic mass is 10.2. The first-order valence-electron chi connectivity index (χ1n) is 6.93. The number of H-pyrrole nitrogens is 1. The van der Waals surface area contributed by atoms with E-state index >= 15 is 0 Å². The molecule has 2 N–H and O–H groups in total. The number of anilines is 1. The van der Waals surface area contributed by atoms with Crippen LogP contribution in [-0.4, -0.2) is 34.1 Å². The number of likely N-dealkylation sites (tertiary alicyclic amines) is 1. The third-order valence-corrected chi connectivity index (χ3v) is 3.58. The van der Waals surface area contributed by atoms with Crippen molar-refractivity contribution in [1.82, 2.24) is 15.1 Å². The Labute approximate surface area is 118 Å². The molecule has 3 rings (SSSR count). The summed E-state index contributed by atoms with van der Waals surface area (Å²) in [5.74, 6) is -0.147. The van der Waals surface area contributed by atoms with Gasteiger partial charge in [-0.2, -0.15) is 5.10 Å². The Kier molecular flexibility index (Phi) is 3.78. The van der Waals surface area contributed by atoms with E-state index in [2.05, 4.69) is 32.5 Å². The van der Waals surface area contributed by atoms with Gasteiger partial charge in [0.2, 0.25) is 0 Å². The molecule has 2 aromatic rings. The molecule has 5 nitrogen and oxygen atoms in total. The van der Waals surface area contributed by atoms with Gasteiger partial charge in [0.05, 0.1) is 11.8 Å². The van der Waals surface area contributed by atoms with Crippen LogP contribution in [0.1, 0.15) is 28.8 Å². The van der Waals surface area contributed by atoms with Crippen molar-refractivity contribution in [2.75, 3.05) is 18.4 Å². The highest BCUT2D eigenvalue weighted by Crippen LogP contribution is 2.15. The number of nitrogens with one attached hydrogen (secondary N) is 2. The lowest BCUT2D eigenvalue weighted by Gasteiger charge is -2.14. The standard InChI is InChI=1S/C15H18N4O/c20-15(13-9-16-17-10-13)18-14-5-3-12(4-6-14)11-19-7-1-2-8-19/h3-6,9-10H,1-2,7-8,11H2,(H,16,17)(H,18,20). The quantitative estimate of drug-likeness (QED) is 0.896. The zero-order valence-corrected chi connectivity index (χ0v) is 11.3. The Morgan fingerprint density at radius 3 is 2.65 bits per heavy atom. The van der Waals surface area contributed by atoms with Crippen LogP contribution in [0.25, 0.3) is 0 Å². The second-order valence-electron chi connectivity index (χ2n) is 5.12. The number of hydrogen-bond acceptors (Lipinski definition) is 3. The molecule has 1 aliphatic heterocycles. The van der Waals surface area contributed by atoms with Gasteiger partial charge in [0.1, 0.15) is 0 Å². The molecule has 1 fully saturated rings. The fourth-order valence-corrected chi connectivity index (χ4v) is 2.47. The van der Waals surface area contributed by atoms with E-state index in [1.807, 2.05) is 12.1 Å². The van der Waals surface area contributed by atoms with Crippen LogP contribution in [0.5, 0.6) is 0 Å². The van der Waals surface area contributed by atoms with Crippen LogP contribution in [0.4, 0.5) is 5.69 Å². The maximum atomic E-state index is 11.9. The Morgan fingerprint density at radius 1 is 1.25 bits per heavy atom. The van der Waals surface area contributed by atoms with Crippen molar-refractivity contribution in [3.05, 3.63) is 47.8 Å². The summed E-state index contributed by atoms with van der Waals surface area (Å²) in [6.45, 7) is 3.38. The van der Waals surface area contributed by atoms with Crippen molar-refractivity contribution in [3.63, 3.8) is 0 Å². The monoisotopic (exact) mass is 270 g/mol. The highest BCUT2D eigenvalue weighted by molar-refractivity contribution is 6.03. The molecule has 0 atom stereocenters. The van der Waals surface area contributed by atoms with Gasteiger partial charge in [-0.3, -0.25) is 14.8 Å². The molecule has 1 amide bonds. The fraction of sp³-hybridized carbons (Fsp3) is 0.333. The van der Waals surface area contributed by atoms with Crippen LogP contribution in [-0.2, 0) is 6.54 Å². The zero-order valence-electron chi connectivity index (χ0n) is 11.3. The lowest BCUT2D eigenvalue weighted by Crippen LogP contribution is -2.18. The van der Waals surface area contributed by atoms with Crippen LogP contribution >= 0.6 is 0 Å². The number of nitrogens with zero attached hydrogens (tertiary/aromatic N) is 2. The molecule has 2 heterocycles. The van der Waals surface area contributed by atoms with Crippen LogP contribution in [0.2, 0.25) is 0 Å². The number of aromatic amines is 1. The molecular weight excluding hydrogens is 252 g/mol. The smallest absolute Gasteiger partial charge is 0.258 e. The van der Waals surface area contributed by atoms with Gasteiger partial charge in [-0.1, -0.05) is 12.1 Å². The summed E-state index contributed by atoms with van der Waals surface area (Å²) < 4.78 is 0. The maximum Gasteiger partial charge on any atom is 0.258 e. The fourth-order valence-electron chi connectivity index (χ4n) is 2.47. The number of hydrogen-bond donors (Lipinski definition) is 2. The van der Waals surface area contributed by atoms with Gasteiger partial charge in [0, 0.05) is 18.4 Å². The molecule has 0 spiro atoms. The maximum absolute atomic E-state index is 11.9. The highest BCUT2D eigenvalue weighted by Gasteiger charge is 2.12. The molecule has 0 aliphatic carbocycles. The molecule has 1 saturated heterocycles. The SMILES string of the molecule is O=C(Nc1ccc(CN2CCCC2)cc1)c1cn[nH]c1. The second kappa shape index (κ2) is 5.88. The average molecular weight is 270 g/mol. The summed E-state index contributed by atoms with van der Waals surface area (Å²) in [6.07, 6.45) is 5.70. The van der Waals surface area contributed by atoms with Crippen molar-refractivity contribution in [1.29, 1.82) is 0 Å². The molecule has 1 aromatic heterocycles. The third-order valence-electron chi connectivity index (χ3n) is 3.58. The van der Waals surface area contributed by atoms with Gasteiger partial charge in [0.15, 0.2) is 0 Å². The van der Waals surface area contributed by atoms with Crippen LogP contribution in [0.3, 0.4) is 0 Å². The van der Waals surface area contributed by atoms with Crippen molar-refractivity contribution in [2.45, 2.75) is 19.4 Å². The number of aromatic nitrogens is 2. The first kappa shape index (κ1) is 12.9. The van der Waals surface area contributed by atoms with Crippen molar-refractivity contribution >= 4 is 11.6 Å². The number of benzene rings is 1. The Hall–Kier alpha value is -2.14. The van der Waals surface area contributed by atoms with E-state index in [4.69, 9.17) is 0 Å². The van der Waals surface area contributed by atoms with Gasteiger partial charge in [-0.15, -0.1) is 0 Å². The Balaban J connectivity index is 1.59. The molecule has 0 radical (unpaired) electrons. The predicted molar refractivity (Wildman–Crippen MR) is 77.5 cm³/mol. The largest absolute Gasteiger partial charge is 0.322 e. The minimum absolute atomic E-state index is 0.147. The van der Waals surface area contributed by atoms with Crippen molar-refractivity contribution in [3.8, 4) is 0 Å². The number of carbonyl (C=O) groups is 1. The van der Waals surface area contributed by atoms with Gasteiger partial charge >= 0.3 is 0 Å². The normalized spacial score (nSPS) is 15.4. The molecule has 1 aromatic carbocycles. The van der Waals surface area contributed by atoms with E-state index < -0.39 is 0 Å². The summed E-state index contributed by atoms with van der Waals surface area (Å²) in [4.78, 5) is 14.3. The van der Waals surface area contributed by atoms with Gasteiger partial charge < -0.3 is 5.32 Å². The lowest BCUT2D eigenvalue weighted by molar-refractivity contribution is 0.102. The zero-order chi connectivity index (χ0) is 13.8. The van der Waals surface area contributed by atoms with Gasteiger partial charge in [-0.05, 0) is 43.6 Å². The summed E-state index contributed by atoms with van der Waals surface area (Å²) in [5.41, 5.74) is 2.63. The van der Waals surface area contributed by atoms with Gasteiger partial charge in [0.25, 0.3) is 5.91 Å². The summed E-state index contributed by atoms with van der Waals surface area (Å²) in [6, 6.07) is 8.04. The Bertz CT molecular complexity index is 556. The predicted octanol–water partition coefficient (Wildman–Crippen LogP) is 2.26. The average Bonchev–Trinajstić information content (AvgIpc) is 3.13. The van der Waals surface area contributed by atoms with E-state index in [-0.39, 0.29) is 5.91 Å². The highest BCUT2D eigenvalue weighted by atomic mass is 16.1. The van der Waals surface area contributed by atoms with Crippen LogP contribution < -0.4 is 5.32 Å². The summed E-state index contributed by atoms with van der Waals surface area (Å²) >= 11 is 0. The molecule has 0 saturated carbocycles. The number of rotatable bonds is 4. The summed E-state index contributed by atoms with van der Waals surface area (Å²) in [5, 5.41) is 9.25. The van der Waals surface area contributed by atoms with Crippen LogP contribution in [0, 0.1) is 0 Å². The first-order chi connectivity index (χ1) is 9.81. The van der Waals surface area contributed by atoms with E-state index in [0.717, 1.165) is 12.2 Å². The van der Waals surface area contributed by atoms with E-state index in [0.29, 0.717) is 5.56 Å². The molecule has 5 heteroatoms. The second-order valence-corrected chi connectivity index (χ2v) is 5.12. The Morgan fingerprint density at radius 2 is 2.00 bits per heavy atom. The first-order valence-corrected chi connectivity index (χ1v) is 6.93.